The first-order valence-corrected chi connectivity index (χ1v) is 5.80. The van der Waals surface area contributed by atoms with Crippen molar-refractivity contribution < 1.29 is 13.2 Å². The van der Waals surface area contributed by atoms with Gasteiger partial charge in [-0.05, 0) is 18.2 Å². The van der Waals surface area contributed by atoms with Gasteiger partial charge in [-0.2, -0.15) is 0 Å². The number of halogens is 1. The fraction of sp³-hybridized carbons (Fsp3) is 0.250. The van der Waals surface area contributed by atoms with Crippen molar-refractivity contribution in [3.63, 3.8) is 0 Å². The predicted molar refractivity (Wildman–Crippen MR) is 54.2 cm³/mol. The van der Waals surface area contributed by atoms with E-state index in [2.05, 4.69) is 0 Å². The zero-order valence-corrected chi connectivity index (χ0v) is 9.10. The van der Waals surface area contributed by atoms with E-state index in [1.54, 1.807) is 0 Å². The average Bonchev–Trinajstić information content (AvgIpc) is 2.17. The Hall–Kier alpha value is -0.780. The Morgan fingerprint density at radius 3 is 2.57 bits per heavy atom. The Balaban J connectivity index is 3.22. The zero-order valence-electron chi connectivity index (χ0n) is 7.53. The highest BCUT2D eigenvalue weighted by Gasteiger charge is 2.13. The van der Waals surface area contributed by atoms with Gasteiger partial charge in [0.1, 0.15) is 11.6 Å². The summed E-state index contributed by atoms with van der Waals surface area (Å²) in [5, 5.41) is 0.252. The largest absolute Gasteiger partial charge is 0.495 e. The maximum absolute atomic E-state index is 11.3. The van der Waals surface area contributed by atoms with Gasteiger partial charge in [0, 0.05) is 0 Å². The van der Waals surface area contributed by atoms with Gasteiger partial charge in [-0.3, -0.25) is 0 Å². The quantitative estimate of drug-likeness (QED) is 0.850. The van der Waals surface area contributed by atoms with E-state index in [0.29, 0.717) is 5.75 Å². The van der Waals surface area contributed by atoms with Crippen molar-refractivity contribution in [3.05, 3.63) is 23.2 Å². The molecule has 1 rings (SSSR count). The molecule has 0 spiro atoms. The molecular formula is C8H10ClNO3S. The van der Waals surface area contributed by atoms with Gasteiger partial charge in [-0.25, -0.2) is 8.42 Å². The molecule has 0 radical (unpaired) electrons. The number of methoxy groups -OCH3 is 1. The Kier molecular flexibility index (Phi) is 3.36. The number of benzene rings is 1. The van der Waals surface area contributed by atoms with Crippen LogP contribution in [0.15, 0.2) is 23.1 Å². The minimum atomic E-state index is -3.41. The van der Waals surface area contributed by atoms with Crippen LogP contribution in [-0.4, -0.2) is 21.4 Å². The molecule has 14 heavy (non-hydrogen) atoms. The maximum Gasteiger partial charge on any atom is 0.191 e. The highest BCUT2D eigenvalue weighted by Crippen LogP contribution is 2.26. The van der Waals surface area contributed by atoms with Crippen LogP contribution in [0.25, 0.3) is 0 Å². The first kappa shape index (κ1) is 11.3. The third-order valence-electron chi connectivity index (χ3n) is 1.70. The van der Waals surface area contributed by atoms with Crippen molar-refractivity contribution in [1.82, 2.24) is 0 Å². The van der Waals surface area contributed by atoms with Gasteiger partial charge in [0.05, 0.1) is 17.0 Å². The van der Waals surface area contributed by atoms with Crippen LogP contribution in [0.3, 0.4) is 0 Å². The van der Waals surface area contributed by atoms with Crippen molar-refractivity contribution in [2.45, 2.75) is 4.90 Å². The number of hydrogen-bond donors (Lipinski definition) is 1. The first-order chi connectivity index (χ1) is 6.51. The third-order valence-corrected chi connectivity index (χ3v) is 3.41. The van der Waals surface area contributed by atoms with Crippen LogP contribution in [0.2, 0.25) is 5.02 Å². The molecule has 1 aromatic carbocycles. The lowest BCUT2D eigenvalue weighted by Gasteiger charge is -2.05. The summed E-state index contributed by atoms with van der Waals surface area (Å²) < 4.78 is 27.5. The Morgan fingerprint density at radius 1 is 1.50 bits per heavy atom. The summed E-state index contributed by atoms with van der Waals surface area (Å²) in [6.07, 6.45) is 0. The second-order valence-electron chi connectivity index (χ2n) is 2.58. The summed E-state index contributed by atoms with van der Waals surface area (Å²) in [6, 6.07) is 4.22. The van der Waals surface area contributed by atoms with E-state index in [1.165, 1.54) is 25.3 Å². The number of hydrogen-bond acceptors (Lipinski definition) is 4. The van der Waals surface area contributed by atoms with Crippen LogP contribution in [0.5, 0.6) is 5.75 Å². The van der Waals surface area contributed by atoms with Crippen LogP contribution < -0.4 is 10.5 Å². The molecule has 0 atom stereocenters. The summed E-state index contributed by atoms with van der Waals surface area (Å²) in [4.78, 5) is 0.103. The summed E-state index contributed by atoms with van der Waals surface area (Å²) in [5.74, 6) is -0.00187. The van der Waals surface area contributed by atoms with Crippen molar-refractivity contribution >= 4 is 21.4 Å². The van der Waals surface area contributed by atoms with Crippen LogP contribution in [0.4, 0.5) is 0 Å². The smallest absolute Gasteiger partial charge is 0.191 e. The standard InChI is InChI=1S/C8H10ClNO3S/c1-13-8-3-2-6(4-7(8)9)14(11,12)5-10/h2-4H,5,10H2,1H3. The molecule has 6 heteroatoms. The van der Waals surface area contributed by atoms with Crippen LogP contribution in [0.1, 0.15) is 0 Å². The van der Waals surface area contributed by atoms with Gasteiger partial charge < -0.3 is 10.5 Å². The van der Waals surface area contributed by atoms with E-state index >= 15 is 0 Å². The Bertz CT molecular complexity index is 430. The molecule has 0 aromatic heterocycles. The molecular weight excluding hydrogens is 226 g/mol. The molecule has 0 fully saturated rings. The highest BCUT2D eigenvalue weighted by atomic mass is 35.5. The fourth-order valence-corrected chi connectivity index (χ4v) is 2.02. The summed E-state index contributed by atoms with van der Waals surface area (Å²) >= 11 is 5.76. The van der Waals surface area contributed by atoms with E-state index < -0.39 is 15.7 Å². The third kappa shape index (κ3) is 2.17. The van der Waals surface area contributed by atoms with Gasteiger partial charge in [0.2, 0.25) is 0 Å². The van der Waals surface area contributed by atoms with Gasteiger partial charge in [0.15, 0.2) is 9.84 Å². The molecule has 0 heterocycles. The van der Waals surface area contributed by atoms with Crippen LogP contribution in [-0.2, 0) is 9.84 Å². The molecule has 0 saturated carbocycles. The van der Waals surface area contributed by atoms with Crippen LogP contribution >= 0.6 is 11.6 Å². The molecule has 0 amide bonds. The number of nitrogens with two attached hydrogens (primary N) is 1. The van der Waals surface area contributed by atoms with Gasteiger partial charge in [0.25, 0.3) is 0 Å². The van der Waals surface area contributed by atoms with E-state index in [-0.39, 0.29) is 9.92 Å². The monoisotopic (exact) mass is 235 g/mol. The summed E-state index contributed by atoms with van der Waals surface area (Å²) in [7, 11) is -1.95. The lowest BCUT2D eigenvalue weighted by molar-refractivity contribution is 0.414. The Labute approximate surface area is 87.5 Å². The number of ether oxygens (including phenoxy) is 1. The lowest BCUT2D eigenvalue weighted by atomic mass is 10.3. The van der Waals surface area contributed by atoms with E-state index in [1.807, 2.05) is 0 Å². The predicted octanol–water partition coefficient (Wildman–Crippen LogP) is 1.04. The van der Waals surface area contributed by atoms with Crippen molar-refractivity contribution in [2.75, 3.05) is 13.0 Å². The van der Waals surface area contributed by atoms with E-state index in [0.717, 1.165) is 0 Å². The minimum absolute atomic E-state index is 0.103. The molecule has 0 saturated heterocycles. The SMILES string of the molecule is COc1ccc(S(=O)(=O)CN)cc1Cl. The molecule has 0 unspecified atom stereocenters. The second-order valence-corrected chi connectivity index (χ2v) is 5.02. The van der Waals surface area contributed by atoms with Crippen molar-refractivity contribution in [2.24, 2.45) is 5.73 Å². The number of rotatable bonds is 3. The molecule has 0 aliphatic heterocycles. The second kappa shape index (κ2) is 4.16. The first-order valence-electron chi connectivity index (χ1n) is 3.77. The van der Waals surface area contributed by atoms with Gasteiger partial charge >= 0.3 is 0 Å². The Morgan fingerprint density at radius 2 is 2.14 bits per heavy atom. The van der Waals surface area contributed by atoms with Gasteiger partial charge in [-0.1, -0.05) is 11.6 Å². The van der Waals surface area contributed by atoms with Crippen molar-refractivity contribution in [3.8, 4) is 5.75 Å². The average molecular weight is 236 g/mol. The number of sulfone groups is 1. The normalized spacial score (nSPS) is 11.4. The summed E-state index contributed by atoms with van der Waals surface area (Å²) in [5.41, 5.74) is 5.10. The van der Waals surface area contributed by atoms with Gasteiger partial charge in [-0.15, -0.1) is 0 Å². The van der Waals surface area contributed by atoms with Crippen molar-refractivity contribution in [1.29, 1.82) is 0 Å². The molecule has 0 bridgehead atoms. The topological polar surface area (TPSA) is 69.4 Å². The maximum atomic E-state index is 11.3. The fourth-order valence-electron chi connectivity index (χ4n) is 0.937. The lowest BCUT2D eigenvalue weighted by Crippen LogP contribution is -2.14. The molecule has 78 valence electrons. The summed E-state index contributed by atoms with van der Waals surface area (Å²) in [6.45, 7) is 0. The highest BCUT2D eigenvalue weighted by molar-refractivity contribution is 7.91. The zero-order chi connectivity index (χ0) is 10.8. The molecule has 4 nitrogen and oxygen atoms in total. The molecule has 2 N–H and O–H groups in total. The molecule has 0 aliphatic rings. The molecule has 1 aromatic rings. The minimum Gasteiger partial charge on any atom is -0.495 e. The van der Waals surface area contributed by atoms with E-state index in [9.17, 15) is 8.42 Å². The van der Waals surface area contributed by atoms with E-state index in [4.69, 9.17) is 22.1 Å². The van der Waals surface area contributed by atoms with Crippen LogP contribution in [0, 0.1) is 0 Å². The molecule has 0 aliphatic carbocycles.